The van der Waals surface area contributed by atoms with E-state index in [9.17, 15) is 9.59 Å². The second-order valence-corrected chi connectivity index (χ2v) is 11.3. The fraction of sp³-hybridized carbons (Fsp3) is 0.389. The van der Waals surface area contributed by atoms with Crippen LogP contribution in [0.3, 0.4) is 0 Å². The summed E-state index contributed by atoms with van der Waals surface area (Å²) < 4.78 is 17.8. The molecule has 0 saturated heterocycles. The summed E-state index contributed by atoms with van der Waals surface area (Å²) in [5, 5.41) is 2.34. The van der Waals surface area contributed by atoms with Crippen LogP contribution < -0.4 is 9.47 Å². The summed E-state index contributed by atoms with van der Waals surface area (Å²) in [5.41, 5.74) is 5.79. The number of ether oxygens (including phenoxy) is 3. The summed E-state index contributed by atoms with van der Waals surface area (Å²) in [5.74, 6) is 1.21. The maximum atomic E-state index is 13.6. The number of fused-ring (bicyclic) bond motifs is 1. The molecule has 6 nitrogen and oxygen atoms in total. The van der Waals surface area contributed by atoms with E-state index in [4.69, 9.17) is 14.2 Å². The molecular formula is C36H39NO5. The van der Waals surface area contributed by atoms with Gasteiger partial charge in [0.15, 0.2) is 23.1 Å². The summed E-state index contributed by atoms with van der Waals surface area (Å²) >= 11 is 0. The Kier molecular flexibility index (Phi) is 8.43. The maximum Gasteiger partial charge on any atom is 0.161 e. The lowest BCUT2D eigenvalue weighted by atomic mass is 9.71. The molecule has 0 N–H and O–H groups in total. The van der Waals surface area contributed by atoms with Gasteiger partial charge in [-0.05, 0) is 73.1 Å². The maximum absolute atomic E-state index is 13.6. The van der Waals surface area contributed by atoms with Gasteiger partial charge in [-0.2, -0.15) is 0 Å². The van der Waals surface area contributed by atoms with Crippen LogP contribution in [0, 0.1) is 0 Å². The van der Waals surface area contributed by atoms with Crippen molar-refractivity contribution in [2.24, 2.45) is 0 Å². The number of carbonyl (C=O) groups excluding carboxylic acids is 2. The van der Waals surface area contributed by atoms with E-state index in [0.29, 0.717) is 44.2 Å². The summed E-state index contributed by atoms with van der Waals surface area (Å²) in [4.78, 5) is 29.5. The van der Waals surface area contributed by atoms with Crippen molar-refractivity contribution in [1.29, 1.82) is 0 Å². The molecular weight excluding hydrogens is 526 g/mol. The Bertz CT molecular complexity index is 1520. The number of hydrogen-bond acceptors (Lipinski definition) is 6. The predicted octanol–water partition coefficient (Wildman–Crippen LogP) is 7.27. The highest BCUT2D eigenvalue weighted by Gasteiger charge is 2.43. The Labute approximate surface area is 247 Å². The molecule has 0 radical (unpaired) electrons. The number of carbonyl (C=O) groups is 2. The molecule has 1 aliphatic heterocycles. The number of rotatable bonds is 10. The number of nitrogens with zero attached hydrogens (tertiary/aromatic N) is 1. The van der Waals surface area contributed by atoms with Crippen molar-refractivity contribution in [1.82, 2.24) is 4.90 Å². The van der Waals surface area contributed by atoms with E-state index in [-0.39, 0.29) is 17.5 Å². The topological polar surface area (TPSA) is 65.1 Å². The Balaban J connectivity index is 1.38. The van der Waals surface area contributed by atoms with Crippen LogP contribution in [0.5, 0.6) is 11.5 Å². The molecule has 6 heteroatoms. The smallest absolute Gasteiger partial charge is 0.161 e. The second-order valence-electron chi connectivity index (χ2n) is 11.3. The fourth-order valence-corrected chi connectivity index (χ4v) is 6.85. The molecule has 3 aromatic rings. The van der Waals surface area contributed by atoms with Gasteiger partial charge in [-0.15, -0.1) is 0 Å². The van der Waals surface area contributed by atoms with Gasteiger partial charge >= 0.3 is 0 Å². The van der Waals surface area contributed by atoms with Crippen LogP contribution in [0.15, 0.2) is 83.2 Å². The van der Waals surface area contributed by atoms with Gasteiger partial charge in [-0.3, -0.25) is 9.59 Å². The van der Waals surface area contributed by atoms with E-state index in [2.05, 4.69) is 29.2 Å². The van der Waals surface area contributed by atoms with Gasteiger partial charge in [-0.1, -0.05) is 48.5 Å². The molecule has 3 aliphatic rings. The van der Waals surface area contributed by atoms with Crippen molar-refractivity contribution in [2.75, 3.05) is 26.9 Å². The van der Waals surface area contributed by atoms with Gasteiger partial charge in [0, 0.05) is 61.6 Å². The lowest BCUT2D eigenvalue weighted by Crippen LogP contribution is -2.39. The van der Waals surface area contributed by atoms with Crippen molar-refractivity contribution >= 4 is 22.3 Å². The molecule has 6 rings (SSSR count). The van der Waals surface area contributed by atoms with E-state index < -0.39 is 0 Å². The minimum Gasteiger partial charge on any atom is -0.490 e. The first-order chi connectivity index (χ1) is 20.6. The van der Waals surface area contributed by atoms with Crippen LogP contribution in [0.2, 0.25) is 0 Å². The van der Waals surface area contributed by atoms with Gasteiger partial charge < -0.3 is 19.1 Å². The normalized spacial score (nSPS) is 17.5. The average molecular weight is 566 g/mol. The van der Waals surface area contributed by atoms with Crippen molar-refractivity contribution in [3.63, 3.8) is 0 Å². The van der Waals surface area contributed by atoms with Gasteiger partial charge in [0.1, 0.15) is 6.61 Å². The number of ketones is 2. The van der Waals surface area contributed by atoms with Crippen LogP contribution in [0.25, 0.3) is 10.8 Å². The first-order valence-corrected chi connectivity index (χ1v) is 15.3. The zero-order valence-electron chi connectivity index (χ0n) is 24.6. The van der Waals surface area contributed by atoms with Crippen molar-refractivity contribution in [3.05, 3.63) is 94.3 Å². The number of Topliss-reactive ketones (excluding diaryl/α,β-unsaturated/α-hetero) is 2. The quantitative estimate of drug-likeness (QED) is 0.241. The van der Waals surface area contributed by atoms with Crippen LogP contribution >= 0.6 is 0 Å². The Morgan fingerprint density at radius 2 is 1.52 bits per heavy atom. The molecule has 3 aromatic carbocycles. The average Bonchev–Trinajstić information content (AvgIpc) is 3.01. The first kappa shape index (κ1) is 28.2. The standard InChI is InChI=1S/C36H39NO5/c1-3-41-33-22-25(18-19-32(33)42-23-26-12-6-11-24-10-4-5-13-27(24)26)34-35-28(14-7-16-30(35)38)37(20-9-21-40-2)29-15-8-17-31(39)36(29)34/h4-6,10-13,18-19,22,34H,3,7-9,14-17,20-21,23H2,1-2H3. The summed E-state index contributed by atoms with van der Waals surface area (Å²) in [6.45, 7) is 4.24. The van der Waals surface area contributed by atoms with Crippen molar-refractivity contribution in [2.45, 2.75) is 64.4 Å². The number of hydrogen-bond donors (Lipinski definition) is 0. The second kappa shape index (κ2) is 12.5. The number of benzene rings is 3. The van der Waals surface area contributed by atoms with E-state index in [1.165, 1.54) is 5.39 Å². The molecule has 0 amide bonds. The molecule has 0 spiro atoms. The van der Waals surface area contributed by atoms with Crippen LogP contribution in [0.4, 0.5) is 0 Å². The van der Waals surface area contributed by atoms with Gasteiger partial charge in [0.25, 0.3) is 0 Å². The van der Waals surface area contributed by atoms with Gasteiger partial charge in [-0.25, -0.2) is 0 Å². The summed E-state index contributed by atoms with van der Waals surface area (Å²) in [6, 6.07) is 20.5. The third-order valence-corrected chi connectivity index (χ3v) is 8.68. The van der Waals surface area contributed by atoms with E-state index in [0.717, 1.165) is 77.7 Å². The SMILES string of the molecule is CCOc1cc(C2C3=C(CCCC3=O)N(CCCOC)C3=C2C(=O)CCC3)ccc1OCc1cccc2ccccc12. The van der Waals surface area contributed by atoms with Crippen LogP contribution in [-0.4, -0.2) is 43.3 Å². The highest BCUT2D eigenvalue weighted by atomic mass is 16.5. The summed E-state index contributed by atoms with van der Waals surface area (Å²) in [7, 11) is 1.71. The van der Waals surface area contributed by atoms with E-state index in [1.54, 1.807) is 7.11 Å². The molecule has 2 aliphatic carbocycles. The molecule has 0 unspecified atom stereocenters. The highest BCUT2D eigenvalue weighted by molar-refractivity contribution is 6.06. The fourth-order valence-electron chi connectivity index (χ4n) is 6.85. The molecule has 0 atom stereocenters. The number of allylic oxidation sites excluding steroid dienone is 4. The minimum atomic E-state index is -0.374. The largest absolute Gasteiger partial charge is 0.490 e. The molecule has 1 heterocycles. The molecule has 0 fully saturated rings. The van der Waals surface area contributed by atoms with Crippen molar-refractivity contribution in [3.8, 4) is 11.5 Å². The molecule has 0 aromatic heterocycles. The first-order valence-electron chi connectivity index (χ1n) is 15.3. The van der Waals surface area contributed by atoms with Gasteiger partial charge in [0.05, 0.1) is 6.61 Å². The van der Waals surface area contributed by atoms with E-state index in [1.807, 2.05) is 43.3 Å². The molecule has 0 bridgehead atoms. The third-order valence-electron chi connectivity index (χ3n) is 8.68. The molecule has 42 heavy (non-hydrogen) atoms. The Morgan fingerprint density at radius 1 is 0.810 bits per heavy atom. The Morgan fingerprint density at radius 3 is 2.24 bits per heavy atom. The summed E-state index contributed by atoms with van der Waals surface area (Å²) in [6.07, 6.45) is 5.25. The predicted molar refractivity (Wildman–Crippen MR) is 164 cm³/mol. The zero-order chi connectivity index (χ0) is 29.1. The molecule has 218 valence electrons. The zero-order valence-corrected chi connectivity index (χ0v) is 24.6. The van der Waals surface area contributed by atoms with Crippen LogP contribution in [-0.2, 0) is 20.9 Å². The van der Waals surface area contributed by atoms with Gasteiger partial charge in [0.2, 0.25) is 0 Å². The molecule has 0 saturated carbocycles. The Hall–Kier alpha value is -3.90. The lowest BCUT2D eigenvalue weighted by molar-refractivity contribution is -0.117. The lowest BCUT2D eigenvalue weighted by Gasteiger charge is -2.44. The monoisotopic (exact) mass is 565 g/mol. The highest BCUT2D eigenvalue weighted by Crippen LogP contribution is 2.50. The minimum absolute atomic E-state index is 0.150. The third kappa shape index (κ3) is 5.36. The van der Waals surface area contributed by atoms with E-state index >= 15 is 0 Å². The number of methoxy groups -OCH3 is 1. The van der Waals surface area contributed by atoms with Crippen molar-refractivity contribution < 1.29 is 23.8 Å². The van der Waals surface area contributed by atoms with Crippen LogP contribution in [0.1, 0.15) is 68.9 Å².